The van der Waals surface area contributed by atoms with Gasteiger partial charge in [0.2, 0.25) is 0 Å². The van der Waals surface area contributed by atoms with E-state index in [0.29, 0.717) is 0 Å². The van der Waals surface area contributed by atoms with Crippen molar-refractivity contribution in [1.29, 1.82) is 0 Å². The van der Waals surface area contributed by atoms with Crippen LogP contribution in [0.25, 0.3) is 0 Å². The first-order chi connectivity index (χ1) is 6.31. The van der Waals surface area contributed by atoms with E-state index in [-0.39, 0.29) is 10.8 Å². The fourth-order valence-electron chi connectivity index (χ4n) is 1.94. The summed E-state index contributed by atoms with van der Waals surface area (Å²) in [5.74, 6) is 0.290. The number of carboxylic acid groups (broad SMARTS) is 1. The Bertz CT molecular complexity index is 234. The van der Waals surface area contributed by atoms with Crippen molar-refractivity contribution in [3.8, 4) is 0 Å². The number of hydrogen-bond acceptors (Lipinski definition) is 3. The van der Waals surface area contributed by atoms with Crippen molar-refractivity contribution in [2.45, 2.75) is 44.4 Å². The Morgan fingerprint density at radius 3 is 2.57 bits per heavy atom. The number of rotatable bonds is 3. The van der Waals surface area contributed by atoms with Gasteiger partial charge in [-0.2, -0.15) is 11.8 Å². The number of carbonyl (C=O) groups is 1. The van der Waals surface area contributed by atoms with Gasteiger partial charge in [-0.15, -0.1) is 0 Å². The van der Waals surface area contributed by atoms with Crippen LogP contribution in [0, 0.1) is 5.41 Å². The van der Waals surface area contributed by atoms with Crippen LogP contribution in [0.5, 0.6) is 0 Å². The van der Waals surface area contributed by atoms with Crippen LogP contribution in [0.4, 0.5) is 0 Å². The van der Waals surface area contributed by atoms with Gasteiger partial charge in [0.1, 0.15) is 0 Å². The first-order valence-corrected chi connectivity index (χ1v) is 5.92. The summed E-state index contributed by atoms with van der Waals surface area (Å²) in [5, 5.41) is 9.10. The van der Waals surface area contributed by atoms with E-state index >= 15 is 0 Å². The van der Waals surface area contributed by atoms with Crippen LogP contribution >= 0.6 is 11.8 Å². The van der Waals surface area contributed by atoms with Gasteiger partial charge in [-0.05, 0) is 39.4 Å². The maximum Gasteiger partial charge on any atom is 0.310 e. The third-order valence-electron chi connectivity index (χ3n) is 3.24. The van der Waals surface area contributed by atoms with Crippen LogP contribution in [0.2, 0.25) is 0 Å². The molecule has 0 spiro atoms. The molecule has 3 nitrogen and oxygen atoms in total. The molecule has 1 saturated heterocycles. The van der Waals surface area contributed by atoms with E-state index in [1.54, 1.807) is 13.8 Å². The van der Waals surface area contributed by atoms with E-state index in [0.717, 1.165) is 18.6 Å². The minimum absolute atomic E-state index is 0.0676. The molecule has 14 heavy (non-hydrogen) atoms. The molecule has 0 aromatic heterocycles. The van der Waals surface area contributed by atoms with E-state index in [1.807, 2.05) is 11.8 Å². The summed E-state index contributed by atoms with van der Waals surface area (Å²) < 4.78 is -0.0676. The number of thioether (sulfide) groups is 1. The molecule has 0 radical (unpaired) electrons. The number of nitrogens with two attached hydrogens (primary N) is 1. The van der Waals surface area contributed by atoms with Gasteiger partial charge in [-0.25, -0.2) is 0 Å². The normalized spacial score (nSPS) is 30.3. The van der Waals surface area contributed by atoms with Crippen LogP contribution in [-0.4, -0.2) is 27.6 Å². The Morgan fingerprint density at radius 1 is 1.64 bits per heavy atom. The number of aliphatic carboxylic acids is 1. The highest BCUT2D eigenvalue weighted by atomic mass is 32.2. The Balaban J connectivity index is 2.82. The van der Waals surface area contributed by atoms with Gasteiger partial charge in [0.25, 0.3) is 0 Å². The van der Waals surface area contributed by atoms with Crippen molar-refractivity contribution in [2.24, 2.45) is 11.1 Å². The molecule has 2 atom stereocenters. The lowest BCUT2D eigenvalue weighted by molar-refractivity contribution is -0.148. The lowest BCUT2D eigenvalue weighted by Crippen LogP contribution is -2.54. The Hall–Kier alpha value is -0.220. The second-order valence-electron chi connectivity index (χ2n) is 4.77. The second kappa shape index (κ2) is 3.74. The molecule has 1 heterocycles. The molecule has 0 amide bonds. The van der Waals surface area contributed by atoms with Crippen LogP contribution < -0.4 is 5.73 Å². The van der Waals surface area contributed by atoms with E-state index in [2.05, 4.69) is 6.92 Å². The number of carboxylic acids is 1. The molecule has 0 aromatic carbocycles. The molecule has 1 aliphatic heterocycles. The monoisotopic (exact) mass is 217 g/mol. The highest BCUT2D eigenvalue weighted by Gasteiger charge is 2.47. The van der Waals surface area contributed by atoms with Gasteiger partial charge in [0.05, 0.1) is 5.41 Å². The van der Waals surface area contributed by atoms with Gasteiger partial charge < -0.3 is 10.8 Å². The van der Waals surface area contributed by atoms with Crippen molar-refractivity contribution in [2.75, 3.05) is 5.75 Å². The molecule has 0 saturated carbocycles. The summed E-state index contributed by atoms with van der Waals surface area (Å²) in [6.07, 6.45) is 2.17. The van der Waals surface area contributed by atoms with Crippen molar-refractivity contribution in [3.05, 3.63) is 0 Å². The predicted octanol–water partition coefficient (Wildman–Crippen LogP) is 1.71. The summed E-state index contributed by atoms with van der Waals surface area (Å²) >= 11 is 1.81. The standard InChI is InChI=1S/C10H19NO2S/c1-9(2,8(12)13)7(11)10(3)5-4-6-14-10/h7H,4-6,11H2,1-3H3,(H,12,13). The SMILES string of the molecule is CC1(C(N)C(C)(C)C(=O)O)CCCS1. The number of hydrogen-bond donors (Lipinski definition) is 2. The van der Waals surface area contributed by atoms with Crippen LogP contribution in [0.1, 0.15) is 33.6 Å². The van der Waals surface area contributed by atoms with E-state index in [9.17, 15) is 4.79 Å². The molecule has 1 fully saturated rings. The van der Waals surface area contributed by atoms with Gasteiger partial charge in [0.15, 0.2) is 0 Å². The summed E-state index contributed by atoms with van der Waals surface area (Å²) in [7, 11) is 0. The Morgan fingerprint density at radius 2 is 2.21 bits per heavy atom. The van der Waals surface area contributed by atoms with E-state index < -0.39 is 11.4 Å². The quantitative estimate of drug-likeness (QED) is 0.755. The van der Waals surface area contributed by atoms with E-state index in [4.69, 9.17) is 10.8 Å². The molecule has 1 aliphatic rings. The maximum atomic E-state index is 11.1. The lowest BCUT2D eigenvalue weighted by Gasteiger charge is -2.38. The maximum absolute atomic E-state index is 11.1. The topological polar surface area (TPSA) is 63.3 Å². The molecule has 1 rings (SSSR count). The molecular formula is C10H19NO2S. The van der Waals surface area contributed by atoms with Crippen molar-refractivity contribution >= 4 is 17.7 Å². The zero-order valence-electron chi connectivity index (χ0n) is 9.04. The predicted molar refractivity (Wildman–Crippen MR) is 59.5 cm³/mol. The zero-order chi connectivity index (χ0) is 11.0. The molecule has 2 unspecified atom stereocenters. The van der Waals surface area contributed by atoms with Crippen LogP contribution in [-0.2, 0) is 4.79 Å². The first kappa shape index (κ1) is 11.9. The van der Waals surface area contributed by atoms with Gasteiger partial charge >= 0.3 is 5.97 Å². The van der Waals surface area contributed by atoms with Crippen molar-refractivity contribution < 1.29 is 9.90 Å². The van der Waals surface area contributed by atoms with Crippen LogP contribution in [0.3, 0.4) is 0 Å². The minimum Gasteiger partial charge on any atom is -0.481 e. The highest BCUT2D eigenvalue weighted by Crippen LogP contribution is 2.44. The lowest BCUT2D eigenvalue weighted by atomic mass is 9.76. The highest BCUT2D eigenvalue weighted by molar-refractivity contribution is 8.00. The fraction of sp³-hybridized carbons (Fsp3) is 0.900. The third kappa shape index (κ3) is 1.91. The molecule has 82 valence electrons. The van der Waals surface area contributed by atoms with E-state index in [1.165, 1.54) is 0 Å². The van der Waals surface area contributed by atoms with Gasteiger partial charge in [0, 0.05) is 10.8 Å². The molecule has 3 N–H and O–H groups in total. The molecule has 0 aromatic rings. The first-order valence-electron chi connectivity index (χ1n) is 4.93. The summed E-state index contributed by atoms with van der Waals surface area (Å²) in [6.45, 7) is 5.51. The van der Waals surface area contributed by atoms with Crippen molar-refractivity contribution in [1.82, 2.24) is 0 Å². The average Bonchev–Trinajstić information content (AvgIpc) is 2.51. The molecule has 4 heteroatoms. The smallest absolute Gasteiger partial charge is 0.310 e. The fourth-order valence-corrected chi connectivity index (χ4v) is 3.46. The third-order valence-corrected chi connectivity index (χ3v) is 4.85. The summed E-state index contributed by atoms with van der Waals surface area (Å²) in [4.78, 5) is 11.1. The largest absolute Gasteiger partial charge is 0.481 e. The van der Waals surface area contributed by atoms with Gasteiger partial charge in [-0.3, -0.25) is 4.79 Å². The van der Waals surface area contributed by atoms with Crippen molar-refractivity contribution in [3.63, 3.8) is 0 Å². The average molecular weight is 217 g/mol. The van der Waals surface area contributed by atoms with Crippen LogP contribution in [0.15, 0.2) is 0 Å². The second-order valence-corrected chi connectivity index (χ2v) is 6.40. The molecule has 0 bridgehead atoms. The Kier molecular flexibility index (Phi) is 3.17. The summed E-state index contributed by atoms with van der Waals surface area (Å²) in [6, 6.07) is -0.292. The Labute approximate surface area is 89.4 Å². The minimum atomic E-state index is -0.841. The molecular weight excluding hydrogens is 198 g/mol. The molecule has 0 aliphatic carbocycles. The van der Waals surface area contributed by atoms with Gasteiger partial charge in [-0.1, -0.05) is 0 Å². The zero-order valence-corrected chi connectivity index (χ0v) is 9.86. The summed E-state index contributed by atoms with van der Waals surface area (Å²) in [5.41, 5.74) is 5.25.